The fourth-order valence-electron chi connectivity index (χ4n) is 3.95. The van der Waals surface area contributed by atoms with Gasteiger partial charge in [-0.3, -0.25) is 9.48 Å². The number of nitrogens with zero attached hydrogens (tertiary/aromatic N) is 5. The van der Waals surface area contributed by atoms with Gasteiger partial charge >= 0.3 is 0 Å². The molecule has 2 N–H and O–H groups in total. The molecule has 0 bridgehead atoms. The number of carbonyl (C=O) groups excluding carboxylic acids is 1. The molecule has 0 aliphatic carbocycles. The number of rotatable bonds is 6. The smallest absolute Gasteiger partial charge is 0.261 e. The summed E-state index contributed by atoms with van der Waals surface area (Å²) in [6.07, 6.45) is 8.24. The number of thiophene rings is 1. The van der Waals surface area contributed by atoms with E-state index in [1.54, 1.807) is 11.7 Å². The Hall–Kier alpha value is -3.24. The topological polar surface area (TPSA) is 98.9 Å². The Morgan fingerprint density at radius 3 is 2.91 bits per heavy atom. The highest BCUT2D eigenvalue weighted by Gasteiger charge is 2.20. The number of carbonyl (C=O) groups is 1. The molecule has 4 aromatic rings. The van der Waals surface area contributed by atoms with E-state index in [9.17, 15) is 4.79 Å². The molecule has 0 spiro atoms. The van der Waals surface area contributed by atoms with Crippen molar-refractivity contribution in [3.63, 3.8) is 0 Å². The predicted octanol–water partition coefficient (Wildman–Crippen LogP) is 2.76. The van der Waals surface area contributed by atoms with Crippen LogP contribution in [-0.2, 0) is 18.2 Å². The predicted molar refractivity (Wildman–Crippen MR) is 124 cm³/mol. The van der Waals surface area contributed by atoms with E-state index in [1.165, 1.54) is 11.3 Å². The van der Waals surface area contributed by atoms with Crippen LogP contribution in [0.15, 0.2) is 36.1 Å². The zero-order chi connectivity index (χ0) is 22.1. The second-order valence-electron chi connectivity index (χ2n) is 7.89. The fourth-order valence-corrected chi connectivity index (χ4v) is 4.81. The van der Waals surface area contributed by atoms with Crippen molar-refractivity contribution in [2.75, 3.05) is 25.6 Å². The molecular weight excluding hydrogens is 426 g/mol. The largest absolute Gasteiger partial charge is 0.381 e. The van der Waals surface area contributed by atoms with Gasteiger partial charge in [0.2, 0.25) is 0 Å². The van der Waals surface area contributed by atoms with Gasteiger partial charge < -0.3 is 19.9 Å². The highest BCUT2D eigenvalue weighted by Crippen LogP contribution is 2.28. The van der Waals surface area contributed by atoms with Crippen LogP contribution in [-0.4, -0.2) is 56.5 Å². The van der Waals surface area contributed by atoms with Gasteiger partial charge in [0.25, 0.3) is 5.91 Å². The van der Waals surface area contributed by atoms with Crippen LogP contribution in [0.25, 0.3) is 16.7 Å². The molecular formula is C22H25N7O2S. The quantitative estimate of drug-likeness (QED) is 0.468. The van der Waals surface area contributed by atoms with Gasteiger partial charge in [-0.15, -0.1) is 11.3 Å². The maximum Gasteiger partial charge on any atom is 0.261 e. The number of hydrogen-bond donors (Lipinski definition) is 2. The van der Waals surface area contributed by atoms with E-state index in [-0.39, 0.29) is 5.91 Å². The summed E-state index contributed by atoms with van der Waals surface area (Å²) in [4.78, 5) is 22.3. The summed E-state index contributed by atoms with van der Waals surface area (Å²) in [6.45, 7) is 1.50. The summed E-state index contributed by atoms with van der Waals surface area (Å²) in [5, 5.41) is 12.6. The number of hydrogen-bond acceptors (Lipinski definition) is 7. The van der Waals surface area contributed by atoms with Crippen molar-refractivity contribution in [3.05, 3.63) is 52.4 Å². The van der Waals surface area contributed by atoms with Crippen LogP contribution in [0.1, 0.15) is 33.9 Å². The van der Waals surface area contributed by atoms with Crippen LogP contribution in [0.4, 0.5) is 5.82 Å². The molecule has 5 rings (SSSR count). The molecule has 1 aliphatic rings. The van der Waals surface area contributed by atoms with E-state index in [0.717, 1.165) is 60.0 Å². The summed E-state index contributed by atoms with van der Waals surface area (Å²) in [6, 6.07) is 4.21. The van der Waals surface area contributed by atoms with Crippen LogP contribution in [0, 0.1) is 0 Å². The normalized spacial score (nSPS) is 14.7. The van der Waals surface area contributed by atoms with Gasteiger partial charge in [-0.25, -0.2) is 9.97 Å². The van der Waals surface area contributed by atoms with Crippen LogP contribution < -0.4 is 10.6 Å². The van der Waals surface area contributed by atoms with E-state index in [2.05, 4.69) is 20.3 Å². The molecule has 1 saturated heterocycles. The average molecular weight is 452 g/mol. The van der Waals surface area contributed by atoms with E-state index in [1.807, 2.05) is 43.2 Å². The molecule has 10 heteroatoms. The lowest BCUT2D eigenvalue weighted by atomic mass is 10.1. The molecule has 0 atom stereocenters. The Bertz CT molecular complexity index is 1250. The van der Waals surface area contributed by atoms with Gasteiger partial charge in [-0.1, -0.05) is 0 Å². The van der Waals surface area contributed by atoms with Crippen LogP contribution in [0.2, 0.25) is 0 Å². The third kappa shape index (κ3) is 4.11. The summed E-state index contributed by atoms with van der Waals surface area (Å²) < 4.78 is 9.37. The summed E-state index contributed by atoms with van der Waals surface area (Å²) in [5.41, 5.74) is 3.79. The number of ether oxygens (including phenoxy) is 1. The summed E-state index contributed by atoms with van der Waals surface area (Å²) in [5.74, 6) is 1.46. The molecule has 4 aromatic heterocycles. The SMILES string of the molecule is CNC(=O)c1cc(Cc2nc(NC3CCOCC3)c3c(ccn3-c3cnn(C)c3)n2)cs1. The molecule has 0 saturated carbocycles. The number of anilines is 1. The highest BCUT2D eigenvalue weighted by molar-refractivity contribution is 7.12. The van der Waals surface area contributed by atoms with E-state index in [0.29, 0.717) is 17.3 Å². The zero-order valence-electron chi connectivity index (χ0n) is 18.0. The van der Waals surface area contributed by atoms with Crippen molar-refractivity contribution in [2.24, 2.45) is 7.05 Å². The molecule has 1 fully saturated rings. The maximum absolute atomic E-state index is 11.9. The van der Waals surface area contributed by atoms with Crippen LogP contribution in [0.3, 0.4) is 0 Å². The van der Waals surface area contributed by atoms with Gasteiger partial charge in [0, 0.05) is 52.2 Å². The number of nitrogens with one attached hydrogen (secondary N) is 2. The molecule has 166 valence electrons. The first kappa shape index (κ1) is 20.7. The molecule has 1 aliphatic heterocycles. The number of fused-ring (bicyclic) bond motifs is 1. The molecule has 9 nitrogen and oxygen atoms in total. The van der Waals surface area contributed by atoms with Crippen LogP contribution >= 0.6 is 11.3 Å². The molecule has 0 aromatic carbocycles. The Morgan fingerprint density at radius 2 is 2.16 bits per heavy atom. The van der Waals surface area contributed by atoms with E-state index in [4.69, 9.17) is 14.7 Å². The van der Waals surface area contributed by atoms with E-state index < -0.39 is 0 Å². The summed E-state index contributed by atoms with van der Waals surface area (Å²) in [7, 11) is 3.54. The van der Waals surface area contributed by atoms with Gasteiger partial charge in [-0.2, -0.15) is 5.10 Å². The minimum Gasteiger partial charge on any atom is -0.381 e. The van der Waals surface area contributed by atoms with Crippen LogP contribution in [0.5, 0.6) is 0 Å². The number of aryl methyl sites for hydroxylation is 1. The van der Waals surface area contributed by atoms with Crippen molar-refractivity contribution >= 4 is 34.1 Å². The van der Waals surface area contributed by atoms with Crippen molar-refractivity contribution < 1.29 is 9.53 Å². The first-order valence-corrected chi connectivity index (χ1v) is 11.5. The van der Waals surface area contributed by atoms with Gasteiger partial charge in [-0.05, 0) is 35.9 Å². The lowest BCUT2D eigenvalue weighted by molar-refractivity contribution is 0.0904. The van der Waals surface area contributed by atoms with Crippen molar-refractivity contribution in [3.8, 4) is 5.69 Å². The number of amides is 1. The average Bonchev–Trinajstić information content (AvgIpc) is 3.54. The van der Waals surface area contributed by atoms with Crippen molar-refractivity contribution in [1.29, 1.82) is 0 Å². The molecule has 1 amide bonds. The van der Waals surface area contributed by atoms with E-state index >= 15 is 0 Å². The lowest BCUT2D eigenvalue weighted by Crippen LogP contribution is -2.28. The number of aromatic nitrogens is 5. The Kier molecular flexibility index (Phi) is 5.62. The second-order valence-corrected chi connectivity index (χ2v) is 8.80. The molecule has 0 unspecified atom stereocenters. The Morgan fingerprint density at radius 1 is 1.31 bits per heavy atom. The summed E-state index contributed by atoms with van der Waals surface area (Å²) >= 11 is 1.43. The maximum atomic E-state index is 11.9. The van der Waals surface area contributed by atoms with Crippen molar-refractivity contribution in [1.82, 2.24) is 29.6 Å². The lowest BCUT2D eigenvalue weighted by Gasteiger charge is -2.24. The first-order chi connectivity index (χ1) is 15.6. The zero-order valence-corrected chi connectivity index (χ0v) is 18.9. The molecule has 5 heterocycles. The standard InChI is InChI=1S/C22H25N7O2S/c1-23-22(30)18-9-14(13-32-18)10-19-26-17-3-6-29(16-11-24-28(2)12-16)20(17)21(27-19)25-15-4-7-31-8-5-15/h3,6,9,11-13,15H,4-5,7-8,10H2,1-2H3,(H,23,30)(H,25,26,27). The third-order valence-corrected chi connectivity index (χ3v) is 6.56. The minimum atomic E-state index is -0.0759. The minimum absolute atomic E-state index is 0.0759. The molecule has 0 radical (unpaired) electrons. The van der Waals surface area contributed by atoms with Gasteiger partial charge in [0.05, 0.1) is 22.3 Å². The Labute approximate surface area is 189 Å². The van der Waals surface area contributed by atoms with Gasteiger partial charge in [0.1, 0.15) is 11.3 Å². The third-order valence-electron chi connectivity index (χ3n) is 5.58. The first-order valence-electron chi connectivity index (χ1n) is 10.6. The second kappa shape index (κ2) is 8.71. The molecule has 32 heavy (non-hydrogen) atoms. The monoisotopic (exact) mass is 451 g/mol. The highest BCUT2D eigenvalue weighted by atomic mass is 32.1. The Balaban J connectivity index is 1.53. The van der Waals surface area contributed by atoms with Gasteiger partial charge in [0.15, 0.2) is 5.82 Å². The fraction of sp³-hybridized carbons (Fsp3) is 0.364. The van der Waals surface area contributed by atoms with Crippen molar-refractivity contribution in [2.45, 2.75) is 25.3 Å².